The topological polar surface area (TPSA) is 81.7 Å². The fraction of sp³-hybridized carbons (Fsp3) is 0.846. The molecule has 0 saturated carbocycles. The maximum Gasteiger partial charge on any atom is 0.315 e. The molecular weight excluding hydrogens is 246 g/mol. The molecule has 0 radical (unpaired) electrons. The second-order valence-electron chi connectivity index (χ2n) is 4.98. The van der Waals surface area contributed by atoms with Crippen LogP contribution in [0.4, 0.5) is 4.79 Å². The SMILES string of the molecule is CCN1CCCC(NC(=O)NCCCCC(=O)O)C1. The molecule has 1 unspecified atom stereocenters. The highest BCUT2D eigenvalue weighted by Crippen LogP contribution is 2.09. The number of carbonyl (C=O) groups is 2. The minimum absolute atomic E-state index is 0.140. The minimum atomic E-state index is -0.786. The molecule has 1 atom stereocenters. The molecule has 0 aromatic heterocycles. The molecule has 1 fully saturated rings. The summed E-state index contributed by atoms with van der Waals surface area (Å²) < 4.78 is 0. The molecule has 6 nitrogen and oxygen atoms in total. The highest BCUT2D eigenvalue weighted by molar-refractivity contribution is 5.74. The van der Waals surface area contributed by atoms with Crippen molar-refractivity contribution in [3.63, 3.8) is 0 Å². The Morgan fingerprint density at radius 2 is 2.16 bits per heavy atom. The maximum absolute atomic E-state index is 11.6. The van der Waals surface area contributed by atoms with Gasteiger partial charge in [0.25, 0.3) is 0 Å². The lowest BCUT2D eigenvalue weighted by atomic mass is 10.1. The van der Waals surface area contributed by atoms with Gasteiger partial charge in [0.05, 0.1) is 0 Å². The number of likely N-dealkylation sites (tertiary alicyclic amines) is 1. The van der Waals surface area contributed by atoms with Gasteiger partial charge in [-0.25, -0.2) is 4.79 Å². The van der Waals surface area contributed by atoms with Crippen LogP contribution in [-0.4, -0.2) is 54.2 Å². The van der Waals surface area contributed by atoms with Crippen molar-refractivity contribution in [2.45, 2.75) is 45.1 Å². The van der Waals surface area contributed by atoms with Gasteiger partial charge in [-0.05, 0) is 38.8 Å². The largest absolute Gasteiger partial charge is 0.481 e. The zero-order chi connectivity index (χ0) is 14.1. The van der Waals surface area contributed by atoms with Crippen LogP contribution in [0.1, 0.15) is 39.0 Å². The summed E-state index contributed by atoms with van der Waals surface area (Å²) in [6.45, 7) is 5.72. The van der Waals surface area contributed by atoms with Crippen molar-refractivity contribution in [1.29, 1.82) is 0 Å². The number of carboxylic acids is 1. The molecule has 2 amide bonds. The van der Waals surface area contributed by atoms with Gasteiger partial charge in [0, 0.05) is 25.6 Å². The van der Waals surface area contributed by atoms with Gasteiger partial charge < -0.3 is 20.6 Å². The van der Waals surface area contributed by atoms with Gasteiger partial charge in [-0.3, -0.25) is 4.79 Å². The summed E-state index contributed by atoms with van der Waals surface area (Å²) in [4.78, 5) is 24.3. The predicted molar refractivity (Wildman–Crippen MR) is 73.2 cm³/mol. The molecule has 19 heavy (non-hydrogen) atoms. The highest BCUT2D eigenvalue weighted by Gasteiger charge is 2.19. The first-order valence-corrected chi connectivity index (χ1v) is 7.10. The van der Waals surface area contributed by atoms with Crippen molar-refractivity contribution in [1.82, 2.24) is 15.5 Å². The Morgan fingerprint density at radius 1 is 1.37 bits per heavy atom. The molecule has 0 aliphatic carbocycles. The van der Waals surface area contributed by atoms with Gasteiger partial charge in [0.2, 0.25) is 0 Å². The molecule has 1 aliphatic heterocycles. The zero-order valence-corrected chi connectivity index (χ0v) is 11.7. The normalized spacial score (nSPS) is 19.9. The Bertz CT molecular complexity index is 297. The molecule has 0 aromatic rings. The molecule has 3 N–H and O–H groups in total. The van der Waals surface area contributed by atoms with Crippen LogP contribution in [0.3, 0.4) is 0 Å². The third kappa shape index (κ3) is 7.00. The lowest BCUT2D eigenvalue weighted by molar-refractivity contribution is -0.137. The van der Waals surface area contributed by atoms with Crippen LogP contribution in [-0.2, 0) is 4.79 Å². The Kier molecular flexibility index (Phi) is 7.25. The summed E-state index contributed by atoms with van der Waals surface area (Å²) in [7, 11) is 0. The lowest BCUT2D eigenvalue weighted by Gasteiger charge is -2.32. The van der Waals surface area contributed by atoms with E-state index in [1.807, 2.05) is 0 Å². The number of rotatable bonds is 7. The Balaban J connectivity index is 2.08. The lowest BCUT2D eigenvalue weighted by Crippen LogP contribution is -2.50. The summed E-state index contributed by atoms with van der Waals surface area (Å²) in [6.07, 6.45) is 3.62. The molecule has 1 heterocycles. The average Bonchev–Trinajstić information content (AvgIpc) is 2.38. The number of nitrogens with one attached hydrogen (secondary N) is 2. The van der Waals surface area contributed by atoms with E-state index in [1.165, 1.54) is 0 Å². The Morgan fingerprint density at radius 3 is 2.84 bits per heavy atom. The summed E-state index contributed by atoms with van der Waals surface area (Å²) in [5, 5.41) is 14.2. The third-order valence-corrected chi connectivity index (χ3v) is 3.39. The van der Waals surface area contributed by atoms with Crippen LogP contribution in [0.25, 0.3) is 0 Å². The van der Waals surface area contributed by atoms with Crippen molar-refractivity contribution in [3.8, 4) is 0 Å². The van der Waals surface area contributed by atoms with E-state index in [0.29, 0.717) is 19.4 Å². The first kappa shape index (κ1) is 15.8. The number of nitrogens with zero attached hydrogens (tertiary/aromatic N) is 1. The minimum Gasteiger partial charge on any atom is -0.481 e. The quantitative estimate of drug-likeness (QED) is 0.604. The van der Waals surface area contributed by atoms with Crippen LogP contribution in [0.5, 0.6) is 0 Å². The highest BCUT2D eigenvalue weighted by atomic mass is 16.4. The molecular formula is C13H25N3O3. The number of piperidine rings is 1. The molecule has 6 heteroatoms. The number of unbranched alkanes of at least 4 members (excludes halogenated alkanes) is 1. The maximum atomic E-state index is 11.6. The predicted octanol–water partition coefficient (Wildman–Crippen LogP) is 1.02. The molecule has 0 aromatic carbocycles. The summed E-state index contributed by atoms with van der Waals surface area (Å²) in [5.41, 5.74) is 0. The van der Waals surface area contributed by atoms with Gasteiger partial charge >= 0.3 is 12.0 Å². The number of urea groups is 1. The van der Waals surface area contributed by atoms with Crippen molar-refractivity contribution in [2.75, 3.05) is 26.2 Å². The van der Waals surface area contributed by atoms with E-state index in [-0.39, 0.29) is 18.5 Å². The van der Waals surface area contributed by atoms with Crippen LogP contribution in [0.2, 0.25) is 0 Å². The number of hydrogen-bond donors (Lipinski definition) is 3. The average molecular weight is 271 g/mol. The second-order valence-corrected chi connectivity index (χ2v) is 4.98. The number of hydrogen-bond acceptors (Lipinski definition) is 3. The smallest absolute Gasteiger partial charge is 0.315 e. The fourth-order valence-electron chi connectivity index (χ4n) is 2.30. The molecule has 1 saturated heterocycles. The Labute approximate surface area is 114 Å². The zero-order valence-electron chi connectivity index (χ0n) is 11.7. The summed E-state index contributed by atoms with van der Waals surface area (Å²) in [6, 6.07) is 0.0889. The van der Waals surface area contributed by atoms with E-state index < -0.39 is 5.97 Å². The van der Waals surface area contributed by atoms with Crippen LogP contribution in [0, 0.1) is 0 Å². The molecule has 1 rings (SSSR count). The fourth-order valence-corrected chi connectivity index (χ4v) is 2.30. The van der Waals surface area contributed by atoms with Gasteiger partial charge in [0.15, 0.2) is 0 Å². The van der Waals surface area contributed by atoms with E-state index in [4.69, 9.17) is 5.11 Å². The van der Waals surface area contributed by atoms with Crippen LogP contribution < -0.4 is 10.6 Å². The van der Waals surface area contributed by atoms with Gasteiger partial charge in [-0.1, -0.05) is 6.92 Å². The first-order chi connectivity index (χ1) is 9.11. The number of carbonyl (C=O) groups excluding carboxylic acids is 1. The number of aliphatic carboxylic acids is 1. The summed E-state index contributed by atoms with van der Waals surface area (Å²) in [5.74, 6) is -0.786. The van der Waals surface area contributed by atoms with Gasteiger partial charge in [-0.2, -0.15) is 0 Å². The molecule has 0 bridgehead atoms. The number of carboxylic acid groups (broad SMARTS) is 1. The molecule has 110 valence electrons. The van der Waals surface area contributed by atoms with Gasteiger partial charge in [0.1, 0.15) is 0 Å². The van der Waals surface area contributed by atoms with E-state index >= 15 is 0 Å². The third-order valence-electron chi connectivity index (χ3n) is 3.39. The van der Waals surface area contributed by atoms with Crippen molar-refractivity contribution in [3.05, 3.63) is 0 Å². The van der Waals surface area contributed by atoms with Crippen LogP contribution >= 0.6 is 0 Å². The van der Waals surface area contributed by atoms with Gasteiger partial charge in [-0.15, -0.1) is 0 Å². The first-order valence-electron chi connectivity index (χ1n) is 7.10. The van der Waals surface area contributed by atoms with E-state index in [0.717, 1.165) is 32.5 Å². The van der Waals surface area contributed by atoms with Crippen molar-refractivity contribution >= 4 is 12.0 Å². The monoisotopic (exact) mass is 271 g/mol. The van der Waals surface area contributed by atoms with Crippen molar-refractivity contribution in [2.24, 2.45) is 0 Å². The second kappa shape index (κ2) is 8.74. The number of amides is 2. The van der Waals surface area contributed by atoms with E-state index in [1.54, 1.807) is 0 Å². The molecule has 1 aliphatic rings. The summed E-state index contributed by atoms with van der Waals surface area (Å²) >= 11 is 0. The number of likely N-dealkylation sites (N-methyl/N-ethyl adjacent to an activating group) is 1. The van der Waals surface area contributed by atoms with Crippen LogP contribution in [0.15, 0.2) is 0 Å². The van der Waals surface area contributed by atoms with E-state index in [9.17, 15) is 9.59 Å². The molecule has 0 spiro atoms. The standard InChI is InChI=1S/C13H25N3O3/c1-2-16-9-5-6-11(10-16)15-13(19)14-8-4-3-7-12(17)18/h11H,2-10H2,1H3,(H,17,18)(H2,14,15,19). The Hall–Kier alpha value is -1.30. The van der Waals surface area contributed by atoms with E-state index in [2.05, 4.69) is 22.5 Å². The van der Waals surface area contributed by atoms with Crippen molar-refractivity contribution < 1.29 is 14.7 Å².